The Morgan fingerprint density at radius 1 is 1.26 bits per heavy atom. The molecule has 0 aliphatic carbocycles. The summed E-state index contributed by atoms with van der Waals surface area (Å²) in [5.41, 5.74) is 1.74. The van der Waals surface area contributed by atoms with Crippen molar-refractivity contribution in [1.82, 2.24) is 9.88 Å². The van der Waals surface area contributed by atoms with Gasteiger partial charge in [0.15, 0.2) is 5.78 Å². The Morgan fingerprint density at radius 3 is 2.52 bits per heavy atom. The molecular weight excluding hydrogens is 368 g/mol. The summed E-state index contributed by atoms with van der Waals surface area (Å²) in [7, 11) is 2.83. The lowest BCUT2D eigenvalue weighted by Crippen LogP contribution is -2.45. The van der Waals surface area contributed by atoms with E-state index in [2.05, 4.69) is 4.98 Å². The molecule has 27 heavy (non-hydrogen) atoms. The zero-order valence-corrected chi connectivity index (χ0v) is 16.9. The van der Waals surface area contributed by atoms with E-state index in [1.54, 1.807) is 40.0 Å². The van der Waals surface area contributed by atoms with Crippen molar-refractivity contribution in [3.8, 4) is 0 Å². The molecule has 2 aromatic heterocycles. The standard InChI is InChI=1S/C19H24N2O5S/c1-11-15(12(2)20-16(11)19(24)26-5)17(22)13(3)21(8-9-25-4)18(23)14-7-6-10-27-14/h6-7,10,13,20H,8-9H2,1-5H3/t13-/m0/s1. The number of carbonyl (C=O) groups is 3. The second kappa shape index (κ2) is 8.96. The predicted molar refractivity (Wildman–Crippen MR) is 103 cm³/mol. The van der Waals surface area contributed by atoms with Gasteiger partial charge in [0.25, 0.3) is 5.91 Å². The molecule has 0 aromatic carbocycles. The van der Waals surface area contributed by atoms with E-state index < -0.39 is 12.0 Å². The van der Waals surface area contributed by atoms with Crippen LogP contribution in [0.4, 0.5) is 0 Å². The number of hydrogen-bond donors (Lipinski definition) is 1. The number of nitrogens with zero attached hydrogens (tertiary/aromatic N) is 1. The molecule has 0 aliphatic rings. The number of Topliss-reactive ketones (excluding diaryl/α,β-unsaturated/α-hetero) is 1. The fourth-order valence-corrected chi connectivity index (χ4v) is 3.66. The van der Waals surface area contributed by atoms with Gasteiger partial charge in [0, 0.05) is 24.9 Å². The third-order valence-corrected chi connectivity index (χ3v) is 5.31. The number of nitrogens with one attached hydrogen (secondary N) is 1. The molecule has 0 unspecified atom stereocenters. The molecule has 2 heterocycles. The van der Waals surface area contributed by atoms with Crippen LogP contribution < -0.4 is 0 Å². The van der Waals surface area contributed by atoms with Crippen LogP contribution in [-0.4, -0.2) is 61.0 Å². The highest BCUT2D eigenvalue weighted by Gasteiger charge is 2.31. The first-order chi connectivity index (χ1) is 12.8. The van der Waals surface area contributed by atoms with Crippen molar-refractivity contribution < 1.29 is 23.9 Å². The maximum Gasteiger partial charge on any atom is 0.354 e. The van der Waals surface area contributed by atoms with Crippen molar-refractivity contribution in [2.75, 3.05) is 27.4 Å². The third-order valence-electron chi connectivity index (χ3n) is 4.45. The first-order valence-corrected chi connectivity index (χ1v) is 9.36. The Balaban J connectivity index is 2.36. The lowest BCUT2D eigenvalue weighted by molar-refractivity contribution is 0.0566. The second-order valence-corrected chi connectivity index (χ2v) is 7.07. The molecule has 1 amide bonds. The third kappa shape index (κ3) is 4.28. The summed E-state index contributed by atoms with van der Waals surface area (Å²) in [6.07, 6.45) is 0. The van der Waals surface area contributed by atoms with Gasteiger partial charge >= 0.3 is 5.97 Å². The van der Waals surface area contributed by atoms with Crippen molar-refractivity contribution in [3.05, 3.63) is 44.9 Å². The largest absolute Gasteiger partial charge is 0.464 e. The SMILES string of the molecule is COCCN(C(=O)c1cccs1)[C@@H](C)C(=O)c1c(C)[nH]c(C(=O)OC)c1C. The average Bonchev–Trinajstić information content (AvgIpc) is 3.28. The van der Waals surface area contributed by atoms with Gasteiger partial charge in [0.1, 0.15) is 5.69 Å². The monoisotopic (exact) mass is 392 g/mol. The summed E-state index contributed by atoms with van der Waals surface area (Å²) >= 11 is 1.32. The van der Waals surface area contributed by atoms with Gasteiger partial charge in [-0.25, -0.2) is 4.79 Å². The van der Waals surface area contributed by atoms with Crippen LogP contribution in [0.15, 0.2) is 17.5 Å². The van der Waals surface area contributed by atoms with Crippen LogP contribution in [0.3, 0.4) is 0 Å². The zero-order valence-electron chi connectivity index (χ0n) is 16.1. The number of thiophene rings is 1. The molecule has 146 valence electrons. The van der Waals surface area contributed by atoms with Gasteiger partial charge in [-0.15, -0.1) is 11.3 Å². The molecule has 2 aromatic rings. The van der Waals surface area contributed by atoms with Gasteiger partial charge in [-0.2, -0.15) is 0 Å². The number of esters is 1. The highest BCUT2D eigenvalue weighted by atomic mass is 32.1. The summed E-state index contributed by atoms with van der Waals surface area (Å²) < 4.78 is 9.86. The van der Waals surface area contributed by atoms with Crippen molar-refractivity contribution in [2.24, 2.45) is 0 Å². The van der Waals surface area contributed by atoms with E-state index in [9.17, 15) is 14.4 Å². The molecule has 0 radical (unpaired) electrons. The first-order valence-electron chi connectivity index (χ1n) is 8.48. The number of amides is 1. The topological polar surface area (TPSA) is 88.7 Å². The number of ketones is 1. The molecule has 1 N–H and O–H groups in total. The van der Waals surface area contributed by atoms with Crippen molar-refractivity contribution >= 4 is 29.0 Å². The van der Waals surface area contributed by atoms with Crippen LogP contribution in [0.1, 0.15) is 48.7 Å². The summed E-state index contributed by atoms with van der Waals surface area (Å²) in [4.78, 5) is 42.9. The second-order valence-electron chi connectivity index (χ2n) is 6.13. The number of rotatable bonds is 8. The van der Waals surface area contributed by atoms with E-state index in [4.69, 9.17) is 9.47 Å². The number of H-pyrrole nitrogens is 1. The highest BCUT2D eigenvalue weighted by molar-refractivity contribution is 7.12. The van der Waals surface area contributed by atoms with Crippen LogP contribution in [-0.2, 0) is 9.47 Å². The first kappa shape index (κ1) is 20.9. The maximum atomic E-state index is 13.2. The highest BCUT2D eigenvalue weighted by Crippen LogP contribution is 2.23. The number of aromatic amines is 1. The predicted octanol–water partition coefficient (Wildman–Crippen LogP) is 2.84. The van der Waals surface area contributed by atoms with Gasteiger partial charge in [-0.05, 0) is 37.8 Å². The lowest BCUT2D eigenvalue weighted by atomic mass is 9.99. The fraction of sp³-hybridized carbons (Fsp3) is 0.421. The minimum atomic E-state index is -0.714. The average molecular weight is 392 g/mol. The van der Waals surface area contributed by atoms with E-state index in [0.29, 0.717) is 28.3 Å². The minimum absolute atomic E-state index is 0.220. The minimum Gasteiger partial charge on any atom is -0.464 e. The van der Waals surface area contributed by atoms with Crippen molar-refractivity contribution in [1.29, 1.82) is 0 Å². The molecule has 0 bridgehead atoms. The van der Waals surface area contributed by atoms with Crippen LogP contribution >= 0.6 is 11.3 Å². The number of hydrogen-bond acceptors (Lipinski definition) is 6. The Bertz CT molecular complexity index is 826. The number of ether oxygens (including phenoxy) is 2. The Labute approximate surface area is 162 Å². The van der Waals surface area contributed by atoms with Crippen molar-refractivity contribution in [2.45, 2.75) is 26.8 Å². The van der Waals surface area contributed by atoms with Gasteiger partial charge in [0.05, 0.1) is 24.6 Å². The number of carbonyl (C=O) groups excluding carboxylic acids is 3. The molecule has 0 aliphatic heterocycles. The molecule has 1 atom stereocenters. The molecule has 2 rings (SSSR count). The molecule has 7 nitrogen and oxygen atoms in total. The molecular formula is C19H24N2O5S. The van der Waals surface area contributed by atoms with Crippen LogP contribution in [0.2, 0.25) is 0 Å². The van der Waals surface area contributed by atoms with Gasteiger partial charge in [-0.3, -0.25) is 9.59 Å². The van der Waals surface area contributed by atoms with Gasteiger partial charge in [-0.1, -0.05) is 6.07 Å². The van der Waals surface area contributed by atoms with Crippen molar-refractivity contribution in [3.63, 3.8) is 0 Å². The van der Waals surface area contributed by atoms with E-state index in [-0.39, 0.29) is 23.9 Å². The fourth-order valence-electron chi connectivity index (χ4n) is 2.98. The summed E-state index contributed by atoms with van der Waals surface area (Å²) in [5.74, 6) is -0.993. The Morgan fingerprint density at radius 2 is 1.96 bits per heavy atom. The van der Waals surface area contributed by atoms with Crippen LogP contribution in [0.5, 0.6) is 0 Å². The number of aromatic nitrogens is 1. The van der Waals surface area contributed by atoms with E-state index in [0.717, 1.165) is 0 Å². The van der Waals surface area contributed by atoms with Crippen LogP contribution in [0, 0.1) is 13.8 Å². The summed E-state index contributed by atoms with van der Waals surface area (Å²) in [6.45, 7) is 5.70. The number of methoxy groups -OCH3 is 2. The molecule has 0 spiro atoms. The molecule has 0 fully saturated rings. The Kier molecular flexibility index (Phi) is 6.92. The molecule has 8 heteroatoms. The summed E-state index contributed by atoms with van der Waals surface area (Å²) in [6, 6.07) is 2.81. The lowest BCUT2D eigenvalue weighted by Gasteiger charge is -2.28. The zero-order chi connectivity index (χ0) is 20.1. The van der Waals surface area contributed by atoms with Gasteiger partial charge in [0.2, 0.25) is 0 Å². The van der Waals surface area contributed by atoms with Gasteiger partial charge < -0.3 is 19.4 Å². The maximum absolute atomic E-state index is 13.2. The molecule has 0 saturated heterocycles. The van der Waals surface area contributed by atoms with Crippen LogP contribution in [0.25, 0.3) is 0 Å². The summed E-state index contributed by atoms with van der Waals surface area (Å²) in [5, 5.41) is 1.82. The smallest absolute Gasteiger partial charge is 0.354 e. The van der Waals surface area contributed by atoms with E-state index in [1.165, 1.54) is 23.3 Å². The quantitative estimate of drug-likeness (QED) is 0.551. The normalized spacial score (nSPS) is 11.9. The van der Waals surface area contributed by atoms with E-state index >= 15 is 0 Å². The van der Waals surface area contributed by atoms with E-state index in [1.807, 2.05) is 5.38 Å². The number of aryl methyl sites for hydroxylation is 1. The molecule has 0 saturated carbocycles. The Hall–Kier alpha value is -2.45.